The van der Waals surface area contributed by atoms with Gasteiger partial charge in [0.15, 0.2) is 0 Å². The third-order valence-electron chi connectivity index (χ3n) is 3.33. The monoisotopic (exact) mass is 248 g/mol. The van der Waals surface area contributed by atoms with Crippen molar-refractivity contribution in [1.29, 1.82) is 0 Å². The van der Waals surface area contributed by atoms with E-state index in [0.717, 1.165) is 6.42 Å². The van der Waals surface area contributed by atoms with E-state index in [1.54, 1.807) is 0 Å². The van der Waals surface area contributed by atoms with E-state index in [0.29, 0.717) is 0 Å². The van der Waals surface area contributed by atoms with Crippen molar-refractivity contribution in [1.82, 2.24) is 9.97 Å². The predicted molar refractivity (Wildman–Crippen MR) is 78.8 cm³/mol. The number of pyridine rings is 1. The lowest BCUT2D eigenvalue weighted by Gasteiger charge is -2.00. The van der Waals surface area contributed by atoms with Crippen LogP contribution in [0.1, 0.15) is 12.6 Å². The summed E-state index contributed by atoms with van der Waals surface area (Å²) in [5.41, 5.74) is 6.14. The maximum atomic E-state index is 4.08. The van der Waals surface area contributed by atoms with Crippen molar-refractivity contribution in [2.24, 2.45) is 0 Å². The summed E-state index contributed by atoms with van der Waals surface area (Å²) in [5.74, 6) is 0. The molecule has 3 rings (SSSR count). The van der Waals surface area contributed by atoms with Gasteiger partial charge in [-0.2, -0.15) is 0 Å². The van der Waals surface area contributed by atoms with E-state index >= 15 is 0 Å². The van der Waals surface area contributed by atoms with Gasteiger partial charge in [0.25, 0.3) is 0 Å². The van der Waals surface area contributed by atoms with Crippen LogP contribution >= 0.6 is 0 Å². The average molecular weight is 248 g/mol. The minimum atomic E-state index is 0.991. The van der Waals surface area contributed by atoms with Gasteiger partial charge >= 0.3 is 0 Å². The Morgan fingerprint density at radius 2 is 1.68 bits per heavy atom. The molecule has 0 spiro atoms. The molecule has 94 valence electrons. The first-order valence-corrected chi connectivity index (χ1v) is 6.56. The number of rotatable bonds is 3. The fourth-order valence-corrected chi connectivity index (χ4v) is 2.34. The van der Waals surface area contributed by atoms with Crippen molar-refractivity contribution in [3.63, 3.8) is 0 Å². The molecule has 0 saturated carbocycles. The Labute approximate surface area is 113 Å². The highest BCUT2D eigenvalue weighted by atomic mass is 14.7. The second-order valence-corrected chi connectivity index (χ2v) is 4.53. The summed E-state index contributed by atoms with van der Waals surface area (Å²) in [5, 5.41) is 0. The molecule has 0 bridgehead atoms. The number of benzene rings is 1. The lowest BCUT2D eigenvalue weighted by molar-refractivity contribution is 1.07. The molecular formula is C17H16N2. The number of nitrogens with zero attached hydrogens (tertiary/aromatic N) is 1. The molecule has 0 amide bonds. The third kappa shape index (κ3) is 2.29. The van der Waals surface area contributed by atoms with Gasteiger partial charge in [-0.3, -0.25) is 4.98 Å². The van der Waals surface area contributed by atoms with Crippen molar-refractivity contribution >= 4 is 0 Å². The molecule has 1 N–H and O–H groups in total. The SMILES string of the molecule is CCc1[nH]c(-c2ccccc2)cc1-c1ccncc1. The van der Waals surface area contributed by atoms with E-state index in [1.807, 2.05) is 18.5 Å². The third-order valence-corrected chi connectivity index (χ3v) is 3.33. The van der Waals surface area contributed by atoms with Gasteiger partial charge in [-0.15, -0.1) is 0 Å². The standard InChI is InChI=1S/C17H16N2/c1-2-16-15(13-8-10-18-11-9-13)12-17(19-16)14-6-4-3-5-7-14/h3-12,19H,2H2,1H3. The topological polar surface area (TPSA) is 28.7 Å². The van der Waals surface area contributed by atoms with Crippen LogP contribution in [0.2, 0.25) is 0 Å². The van der Waals surface area contributed by atoms with Gasteiger partial charge in [-0.05, 0) is 35.7 Å². The van der Waals surface area contributed by atoms with E-state index in [2.05, 4.69) is 59.4 Å². The lowest BCUT2D eigenvalue weighted by Crippen LogP contribution is -1.84. The van der Waals surface area contributed by atoms with Crippen LogP contribution in [0.25, 0.3) is 22.4 Å². The first-order chi connectivity index (χ1) is 9.38. The van der Waals surface area contributed by atoms with Gasteiger partial charge in [0.1, 0.15) is 0 Å². The Morgan fingerprint density at radius 1 is 0.947 bits per heavy atom. The van der Waals surface area contributed by atoms with Crippen molar-refractivity contribution < 1.29 is 0 Å². The largest absolute Gasteiger partial charge is 0.358 e. The van der Waals surface area contributed by atoms with Gasteiger partial charge in [0, 0.05) is 29.3 Å². The van der Waals surface area contributed by atoms with Gasteiger partial charge in [-0.25, -0.2) is 0 Å². The molecule has 0 aliphatic carbocycles. The van der Waals surface area contributed by atoms with Crippen LogP contribution < -0.4 is 0 Å². The highest BCUT2D eigenvalue weighted by Gasteiger charge is 2.09. The number of hydrogen-bond donors (Lipinski definition) is 1. The molecule has 0 unspecified atom stereocenters. The fraction of sp³-hybridized carbons (Fsp3) is 0.118. The maximum Gasteiger partial charge on any atom is 0.0462 e. The first-order valence-electron chi connectivity index (χ1n) is 6.56. The molecule has 1 aromatic carbocycles. The molecular weight excluding hydrogens is 232 g/mol. The number of hydrogen-bond acceptors (Lipinski definition) is 1. The molecule has 0 aliphatic heterocycles. The molecule has 2 aromatic heterocycles. The molecule has 0 fully saturated rings. The lowest BCUT2D eigenvalue weighted by atomic mass is 10.1. The van der Waals surface area contributed by atoms with Crippen LogP contribution in [0.4, 0.5) is 0 Å². The summed E-state index contributed by atoms with van der Waals surface area (Å²) in [6, 6.07) is 16.7. The molecule has 0 atom stereocenters. The summed E-state index contributed by atoms with van der Waals surface area (Å²) < 4.78 is 0. The number of aromatic nitrogens is 2. The zero-order chi connectivity index (χ0) is 13.1. The minimum Gasteiger partial charge on any atom is -0.358 e. The van der Waals surface area contributed by atoms with Crippen LogP contribution in [-0.4, -0.2) is 9.97 Å². The first kappa shape index (κ1) is 11.7. The highest BCUT2D eigenvalue weighted by Crippen LogP contribution is 2.29. The molecule has 19 heavy (non-hydrogen) atoms. The summed E-state index contributed by atoms with van der Waals surface area (Å²) in [7, 11) is 0. The number of H-pyrrole nitrogens is 1. The van der Waals surface area contributed by atoms with E-state index in [4.69, 9.17) is 0 Å². The Kier molecular flexibility index (Phi) is 3.15. The van der Waals surface area contributed by atoms with Crippen LogP contribution in [0.5, 0.6) is 0 Å². The minimum absolute atomic E-state index is 0.991. The van der Waals surface area contributed by atoms with Crippen molar-refractivity contribution in [2.45, 2.75) is 13.3 Å². The summed E-state index contributed by atoms with van der Waals surface area (Å²) in [6.45, 7) is 2.17. The zero-order valence-corrected chi connectivity index (χ0v) is 10.9. The molecule has 2 heterocycles. The summed E-state index contributed by atoms with van der Waals surface area (Å²) in [4.78, 5) is 7.61. The normalized spacial score (nSPS) is 10.6. The van der Waals surface area contributed by atoms with Crippen LogP contribution in [0.15, 0.2) is 60.9 Å². The van der Waals surface area contributed by atoms with Gasteiger partial charge in [-0.1, -0.05) is 37.3 Å². The second-order valence-electron chi connectivity index (χ2n) is 4.53. The zero-order valence-electron chi connectivity index (χ0n) is 10.9. The van der Waals surface area contributed by atoms with Crippen molar-refractivity contribution in [2.75, 3.05) is 0 Å². The van der Waals surface area contributed by atoms with Crippen LogP contribution in [0.3, 0.4) is 0 Å². The fourth-order valence-electron chi connectivity index (χ4n) is 2.34. The number of nitrogens with one attached hydrogen (secondary N) is 1. The Hall–Kier alpha value is -2.35. The Morgan fingerprint density at radius 3 is 2.37 bits per heavy atom. The van der Waals surface area contributed by atoms with Crippen LogP contribution in [0, 0.1) is 0 Å². The molecule has 2 heteroatoms. The average Bonchev–Trinajstić information content (AvgIpc) is 2.93. The van der Waals surface area contributed by atoms with E-state index < -0.39 is 0 Å². The van der Waals surface area contributed by atoms with E-state index in [9.17, 15) is 0 Å². The van der Waals surface area contributed by atoms with Gasteiger partial charge < -0.3 is 4.98 Å². The summed E-state index contributed by atoms with van der Waals surface area (Å²) in [6.07, 6.45) is 4.67. The summed E-state index contributed by atoms with van der Waals surface area (Å²) >= 11 is 0. The molecule has 2 nitrogen and oxygen atoms in total. The van der Waals surface area contributed by atoms with Crippen molar-refractivity contribution in [3.05, 3.63) is 66.6 Å². The van der Waals surface area contributed by atoms with Gasteiger partial charge in [0.05, 0.1) is 0 Å². The Bertz CT molecular complexity index is 654. The van der Waals surface area contributed by atoms with E-state index in [-0.39, 0.29) is 0 Å². The van der Waals surface area contributed by atoms with Crippen LogP contribution in [-0.2, 0) is 6.42 Å². The van der Waals surface area contributed by atoms with E-state index in [1.165, 1.54) is 28.1 Å². The molecule has 3 aromatic rings. The number of aryl methyl sites for hydroxylation is 1. The number of aromatic amines is 1. The smallest absolute Gasteiger partial charge is 0.0462 e. The molecule has 0 radical (unpaired) electrons. The highest BCUT2D eigenvalue weighted by molar-refractivity contribution is 5.74. The molecule has 0 saturated heterocycles. The van der Waals surface area contributed by atoms with Gasteiger partial charge in [0.2, 0.25) is 0 Å². The maximum absolute atomic E-state index is 4.08. The van der Waals surface area contributed by atoms with Crippen molar-refractivity contribution in [3.8, 4) is 22.4 Å². The second kappa shape index (κ2) is 5.11. The Balaban J connectivity index is 2.09. The predicted octanol–water partition coefficient (Wildman–Crippen LogP) is 4.31. The quantitative estimate of drug-likeness (QED) is 0.735. The molecule has 0 aliphatic rings.